The van der Waals surface area contributed by atoms with Crippen LogP contribution in [0.15, 0.2) is 0 Å². The molecule has 0 aromatic heterocycles. The molecule has 18 heavy (non-hydrogen) atoms. The van der Waals surface area contributed by atoms with E-state index in [2.05, 4.69) is 26.1 Å². The Labute approximate surface area is 111 Å². The van der Waals surface area contributed by atoms with Gasteiger partial charge in [0, 0.05) is 30.5 Å². The van der Waals surface area contributed by atoms with Gasteiger partial charge >= 0.3 is 0 Å². The second-order valence-electron chi connectivity index (χ2n) is 7.02. The molecule has 0 spiro atoms. The SMILES string of the molecule is CCCC(C)(O)CNC1C2CCCOC2C1(C)C. The summed E-state index contributed by atoms with van der Waals surface area (Å²) in [4.78, 5) is 0. The van der Waals surface area contributed by atoms with Crippen molar-refractivity contribution >= 4 is 0 Å². The van der Waals surface area contributed by atoms with E-state index in [9.17, 15) is 5.11 Å². The highest BCUT2D eigenvalue weighted by Crippen LogP contribution is 2.51. The topological polar surface area (TPSA) is 41.5 Å². The lowest BCUT2D eigenvalue weighted by molar-refractivity contribution is -0.194. The maximum Gasteiger partial charge on any atom is 0.0743 e. The first-order valence-electron chi connectivity index (χ1n) is 7.46. The molecule has 2 rings (SSSR count). The van der Waals surface area contributed by atoms with Gasteiger partial charge in [0.2, 0.25) is 0 Å². The normalized spacial score (nSPS) is 37.5. The Morgan fingerprint density at radius 1 is 1.44 bits per heavy atom. The van der Waals surface area contributed by atoms with Gasteiger partial charge in [0.1, 0.15) is 0 Å². The monoisotopic (exact) mass is 255 g/mol. The van der Waals surface area contributed by atoms with E-state index >= 15 is 0 Å². The zero-order chi connectivity index (χ0) is 13.4. The number of rotatable bonds is 5. The zero-order valence-electron chi connectivity index (χ0n) is 12.3. The van der Waals surface area contributed by atoms with Crippen molar-refractivity contribution in [1.82, 2.24) is 5.32 Å². The van der Waals surface area contributed by atoms with E-state index < -0.39 is 5.60 Å². The minimum absolute atomic E-state index is 0.202. The lowest BCUT2D eigenvalue weighted by Crippen LogP contribution is -2.70. The van der Waals surface area contributed by atoms with E-state index in [1.54, 1.807) is 0 Å². The molecule has 2 aliphatic rings. The van der Waals surface area contributed by atoms with Crippen LogP contribution in [0.3, 0.4) is 0 Å². The highest BCUT2D eigenvalue weighted by atomic mass is 16.5. The number of ether oxygens (including phenoxy) is 1. The van der Waals surface area contributed by atoms with Gasteiger partial charge in [0.25, 0.3) is 0 Å². The minimum atomic E-state index is -0.578. The van der Waals surface area contributed by atoms with Crippen LogP contribution in [0.4, 0.5) is 0 Å². The second-order valence-corrected chi connectivity index (χ2v) is 7.02. The molecule has 106 valence electrons. The summed E-state index contributed by atoms with van der Waals surface area (Å²) in [6.07, 6.45) is 4.75. The molecular formula is C15H29NO2. The quantitative estimate of drug-likeness (QED) is 0.792. The van der Waals surface area contributed by atoms with Gasteiger partial charge in [-0.2, -0.15) is 0 Å². The molecule has 0 radical (unpaired) electrons. The predicted molar refractivity (Wildman–Crippen MR) is 73.6 cm³/mol. The fourth-order valence-electron chi connectivity index (χ4n) is 3.89. The van der Waals surface area contributed by atoms with Crippen LogP contribution in [0, 0.1) is 11.3 Å². The molecule has 1 saturated heterocycles. The molecular weight excluding hydrogens is 226 g/mol. The van der Waals surface area contributed by atoms with E-state index in [1.807, 2.05) is 6.92 Å². The predicted octanol–water partition coefficient (Wildman–Crippen LogP) is 2.33. The fraction of sp³-hybridized carbons (Fsp3) is 1.00. The van der Waals surface area contributed by atoms with E-state index in [-0.39, 0.29) is 5.41 Å². The van der Waals surface area contributed by atoms with Crippen molar-refractivity contribution in [3.05, 3.63) is 0 Å². The van der Waals surface area contributed by atoms with E-state index in [0.29, 0.717) is 24.6 Å². The summed E-state index contributed by atoms with van der Waals surface area (Å²) in [5, 5.41) is 13.9. The number of fused-ring (bicyclic) bond motifs is 1. The van der Waals surface area contributed by atoms with Gasteiger partial charge in [-0.3, -0.25) is 0 Å². The first-order valence-corrected chi connectivity index (χ1v) is 7.46. The number of hydrogen-bond acceptors (Lipinski definition) is 3. The molecule has 0 aromatic carbocycles. The number of hydrogen-bond donors (Lipinski definition) is 2. The molecule has 4 unspecified atom stereocenters. The van der Waals surface area contributed by atoms with Crippen LogP contribution in [-0.2, 0) is 4.74 Å². The summed E-state index contributed by atoms with van der Waals surface area (Å²) in [7, 11) is 0. The van der Waals surface area contributed by atoms with Crippen molar-refractivity contribution in [2.45, 2.75) is 71.1 Å². The Morgan fingerprint density at radius 3 is 2.83 bits per heavy atom. The third-order valence-electron chi connectivity index (χ3n) is 4.82. The zero-order valence-corrected chi connectivity index (χ0v) is 12.3. The van der Waals surface area contributed by atoms with Crippen LogP contribution in [0.1, 0.15) is 53.4 Å². The fourth-order valence-corrected chi connectivity index (χ4v) is 3.89. The third kappa shape index (κ3) is 2.59. The summed E-state index contributed by atoms with van der Waals surface area (Å²) in [5.74, 6) is 0.645. The lowest BCUT2D eigenvalue weighted by atomic mass is 9.55. The van der Waals surface area contributed by atoms with Crippen LogP contribution in [-0.4, -0.2) is 36.0 Å². The molecule has 4 atom stereocenters. The van der Waals surface area contributed by atoms with Gasteiger partial charge in [-0.1, -0.05) is 27.2 Å². The summed E-state index contributed by atoms with van der Waals surface area (Å²) >= 11 is 0. The van der Waals surface area contributed by atoms with E-state index in [0.717, 1.165) is 19.4 Å². The van der Waals surface area contributed by atoms with Crippen molar-refractivity contribution in [3.63, 3.8) is 0 Å². The molecule has 3 nitrogen and oxygen atoms in total. The van der Waals surface area contributed by atoms with Crippen LogP contribution >= 0.6 is 0 Å². The molecule has 0 aromatic rings. The standard InChI is InChI=1S/C15H29NO2/c1-5-8-15(4,17)10-16-12-11-7-6-9-18-13(11)14(12,2)3/h11-13,16-17H,5-10H2,1-4H3. The molecule has 1 aliphatic carbocycles. The first-order chi connectivity index (χ1) is 8.38. The average molecular weight is 255 g/mol. The average Bonchev–Trinajstić information content (AvgIpc) is 2.28. The second kappa shape index (κ2) is 5.10. The first kappa shape index (κ1) is 14.3. The Balaban J connectivity index is 1.89. The molecule has 1 heterocycles. The van der Waals surface area contributed by atoms with E-state index in [1.165, 1.54) is 12.8 Å². The van der Waals surface area contributed by atoms with Crippen molar-refractivity contribution in [3.8, 4) is 0 Å². The van der Waals surface area contributed by atoms with Gasteiger partial charge in [0.15, 0.2) is 0 Å². The summed E-state index contributed by atoms with van der Waals surface area (Å²) in [5.41, 5.74) is -0.376. The van der Waals surface area contributed by atoms with Crippen molar-refractivity contribution in [1.29, 1.82) is 0 Å². The summed E-state index contributed by atoms with van der Waals surface area (Å²) in [6, 6.07) is 0.492. The summed E-state index contributed by atoms with van der Waals surface area (Å²) in [6.45, 7) is 10.2. The Hall–Kier alpha value is -0.120. The van der Waals surface area contributed by atoms with Crippen LogP contribution in [0.2, 0.25) is 0 Å². The molecule has 2 fully saturated rings. The third-order valence-corrected chi connectivity index (χ3v) is 4.82. The Morgan fingerprint density at radius 2 is 2.17 bits per heavy atom. The molecule has 0 amide bonds. The molecule has 1 saturated carbocycles. The maximum atomic E-state index is 10.3. The highest BCUT2D eigenvalue weighted by Gasteiger charge is 2.57. The van der Waals surface area contributed by atoms with Crippen LogP contribution < -0.4 is 5.32 Å². The van der Waals surface area contributed by atoms with Crippen LogP contribution in [0.25, 0.3) is 0 Å². The molecule has 3 heteroatoms. The molecule has 0 bridgehead atoms. The Kier molecular flexibility index (Phi) is 4.05. The van der Waals surface area contributed by atoms with Gasteiger partial charge in [-0.05, 0) is 26.2 Å². The highest BCUT2D eigenvalue weighted by molar-refractivity contribution is 5.10. The smallest absolute Gasteiger partial charge is 0.0743 e. The van der Waals surface area contributed by atoms with E-state index in [4.69, 9.17) is 4.74 Å². The Bertz CT molecular complexity index is 288. The maximum absolute atomic E-state index is 10.3. The number of aliphatic hydroxyl groups is 1. The van der Waals surface area contributed by atoms with Gasteiger partial charge in [-0.25, -0.2) is 0 Å². The van der Waals surface area contributed by atoms with Crippen LogP contribution in [0.5, 0.6) is 0 Å². The van der Waals surface area contributed by atoms with Crippen molar-refractivity contribution in [2.75, 3.05) is 13.2 Å². The molecule has 1 aliphatic heterocycles. The minimum Gasteiger partial charge on any atom is -0.389 e. The lowest BCUT2D eigenvalue weighted by Gasteiger charge is -2.60. The van der Waals surface area contributed by atoms with Gasteiger partial charge < -0.3 is 15.2 Å². The van der Waals surface area contributed by atoms with Gasteiger partial charge in [-0.15, -0.1) is 0 Å². The number of nitrogens with one attached hydrogen (secondary N) is 1. The van der Waals surface area contributed by atoms with Crippen molar-refractivity contribution in [2.24, 2.45) is 11.3 Å². The van der Waals surface area contributed by atoms with Gasteiger partial charge in [0.05, 0.1) is 11.7 Å². The largest absolute Gasteiger partial charge is 0.389 e. The molecule has 2 N–H and O–H groups in total. The van der Waals surface area contributed by atoms with Crippen molar-refractivity contribution < 1.29 is 9.84 Å². The summed E-state index contributed by atoms with van der Waals surface area (Å²) < 4.78 is 5.90.